The minimum Gasteiger partial charge on any atom is -0.854 e. The molecule has 0 saturated heterocycles. The summed E-state index contributed by atoms with van der Waals surface area (Å²) in [4.78, 5) is 6.25. The van der Waals surface area contributed by atoms with E-state index in [-0.39, 0.29) is 23.1 Å². The van der Waals surface area contributed by atoms with E-state index in [2.05, 4.69) is 9.95 Å². The lowest BCUT2D eigenvalue weighted by Crippen LogP contribution is -2.09. The summed E-state index contributed by atoms with van der Waals surface area (Å²) in [5.41, 5.74) is 1.40. The van der Waals surface area contributed by atoms with Crippen molar-refractivity contribution in [1.82, 2.24) is 9.13 Å². The van der Waals surface area contributed by atoms with Crippen LogP contribution in [-0.4, -0.2) is 9.13 Å². The fraction of sp³-hybridized carbons (Fsp3) is 0.158. The average Bonchev–Trinajstić information content (AvgIpc) is 3.12. The van der Waals surface area contributed by atoms with Gasteiger partial charge in [-0.25, -0.2) is 0 Å². The Balaban J connectivity index is 1.66. The van der Waals surface area contributed by atoms with Gasteiger partial charge in [0.25, 0.3) is 0 Å². The van der Waals surface area contributed by atoms with Crippen molar-refractivity contribution >= 4 is 33.2 Å². The van der Waals surface area contributed by atoms with Crippen molar-refractivity contribution < 1.29 is 10.2 Å². The molecule has 0 atom stereocenters. The van der Waals surface area contributed by atoms with Crippen LogP contribution in [0.25, 0.3) is 31.8 Å². The van der Waals surface area contributed by atoms with E-state index >= 15 is 0 Å². The Labute approximate surface area is 153 Å². The Morgan fingerprint density at radius 2 is 1.11 bits per heavy atom. The molecule has 0 amide bonds. The number of aryl methyl sites for hydroxylation is 2. The minimum absolute atomic E-state index is 0.0166. The zero-order valence-electron chi connectivity index (χ0n) is 14.2. The average molecular weight is 358 g/mol. The van der Waals surface area contributed by atoms with Crippen LogP contribution in [-0.2, 0) is 13.1 Å². The lowest BCUT2D eigenvalue weighted by Gasteiger charge is -2.14. The Hall–Kier alpha value is -4.04. The maximum absolute atomic E-state index is 12.5. The summed E-state index contributed by atoms with van der Waals surface area (Å²) < 4.78 is 3.08. The number of hydrogen-bond donors (Lipinski definition) is 0. The molecule has 0 radical (unpaired) electrons. The smallest absolute Gasteiger partial charge is 0.402 e. The van der Waals surface area contributed by atoms with Crippen LogP contribution in [0.1, 0.15) is 6.42 Å². The van der Waals surface area contributed by atoms with Gasteiger partial charge in [0, 0.05) is 13.1 Å². The van der Waals surface area contributed by atoms with Crippen molar-refractivity contribution in [2.45, 2.75) is 19.5 Å². The maximum atomic E-state index is 12.5. The number of hydrogen-bond acceptors (Lipinski definition) is 4. The third-order valence-electron chi connectivity index (χ3n) is 4.76. The van der Waals surface area contributed by atoms with E-state index < -0.39 is 0 Å². The molecule has 0 aliphatic rings. The molecule has 0 saturated carbocycles. The Morgan fingerprint density at radius 3 is 1.52 bits per heavy atom. The van der Waals surface area contributed by atoms with Crippen LogP contribution in [0.4, 0.5) is 11.4 Å². The Bertz CT molecular complexity index is 1160. The second-order valence-corrected chi connectivity index (χ2v) is 6.20. The van der Waals surface area contributed by atoms with E-state index in [0.717, 1.165) is 0 Å². The van der Waals surface area contributed by atoms with Crippen LogP contribution in [0, 0.1) is 10.8 Å². The van der Waals surface area contributed by atoms with Crippen molar-refractivity contribution in [3.8, 4) is 11.8 Å². The maximum Gasteiger partial charge on any atom is 0.402 e. The molecule has 27 heavy (non-hydrogen) atoms. The quantitative estimate of drug-likeness (QED) is 0.516. The topological polar surface area (TPSA) is 112 Å². The van der Waals surface area contributed by atoms with Gasteiger partial charge in [0.05, 0.1) is 33.6 Å². The molecule has 4 rings (SSSR count). The summed E-state index contributed by atoms with van der Waals surface area (Å²) in [7, 11) is 0. The van der Waals surface area contributed by atoms with Crippen LogP contribution in [0.2, 0.25) is 0 Å². The molecular weight excluding hydrogens is 344 g/mol. The summed E-state index contributed by atoms with van der Waals surface area (Å²) in [6, 6.07) is 14.2. The van der Waals surface area contributed by atoms with Gasteiger partial charge in [0.1, 0.15) is 0 Å². The summed E-state index contributed by atoms with van der Waals surface area (Å²) in [6.45, 7) is 0.707. The van der Waals surface area contributed by atoms with Gasteiger partial charge in [0.2, 0.25) is 10.8 Å². The first-order valence-corrected chi connectivity index (χ1v) is 8.44. The van der Waals surface area contributed by atoms with Gasteiger partial charge >= 0.3 is 11.4 Å². The lowest BCUT2D eigenvalue weighted by atomic mass is 10.2. The molecule has 0 unspecified atom stereocenters. The SMILES string of the molecule is N#[N+]c1c([O-])n(CCCn2c([O-])c([N+]#N)c3ccccc32)c2ccccc12. The molecule has 4 aromatic rings. The third kappa shape index (κ3) is 2.43. The van der Waals surface area contributed by atoms with Gasteiger partial charge in [-0.05, 0) is 30.7 Å². The highest BCUT2D eigenvalue weighted by Gasteiger charge is 2.22. The molecule has 8 nitrogen and oxygen atoms in total. The lowest BCUT2D eigenvalue weighted by molar-refractivity contribution is -0.277. The van der Waals surface area contributed by atoms with E-state index in [1.807, 2.05) is 12.1 Å². The predicted molar refractivity (Wildman–Crippen MR) is 96.9 cm³/mol. The highest BCUT2D eigenvalue weighted by atomic mass is 16.3. The van der Waals surface area contributed by atoms with Crippen molar-refractivity contribution in [2.24, 2.45) is 0 Å². The van der Waals surface area contributed by atoms with Crippen molar-refractivity contribution in [1.29, 1.82) is 10.8 Å². The largest absolute Gasteiger partial charge is 0.854 e. The van der Waals surface area contributed by atoms with Crippen LogP contribution < -0.4 is 10.2 Å². The Kier molecular flexibility index (Phi) is 3.87. The zero-order chi connectivity index (χ0) is 19.0. The number of rotatable bonds is 4. The number of para-hydroxylation sites is 2. The molecule has 2 aromatic carbocycles. The normalized spacial score (nSPS) is 10.9. The van der Waals surface area contributed by atoms with Gasteiger partial charge in [0.15, 0.2) is 9.95 Å². The molecule has 0 aliphatic carbocycles. The Morgan fingerprint density at radius 1 is 0.704 bits per heavy atom. The number of aromatic nitrogens is 2. The van der Waals surface area contributed by atoms with E-state index in [4.69, 9.17) is 10.8 Å². The molecule has 2 heterocycles. The molecule has 132 valence electrons. The molecule has 0 fully saturated rings. The number of fused-ring (bicyclic) bond motifs is 2. The summed E-state index contributed by atoms with van der Waals surface area (Å²) in [5, 5.41) is 44.4. The zero-order valence-corrected chi connectivity index (χ0v) is 14.2. The third-order valence-corrected chi connectivity index (χ3v) is 4.76. The first kappa shape index (κ1) is 16.4. The monoisotopic (exact) mass is 358 g/mol. The van der Waals surface area contributed by atoms with Crippen molar-refractivity contribution in [2.75, 3.05) is 0 Å². The van der Waals surface area contributed by atoms with E-state index in [0.29, 0.717) is 41.3 Å². The van der Waals surface area contributed by atoms with Gasteiger partial charge in [-0.3, -0.25) is 0 Å². The first-order valence-electron chi connectivity index (χ1n) is 8.44. The molecule has 2 aromatic heterocycles. The van der Waals surface area contributed by atoms with Gasteiger partial charge < -0.3 is 19.3 Å². The number of diazo groups is 2. The minimum atomic E-state index is -0.371. The van der Waals surface area contributed by atoms with Crippen LogP contribution in [0.15, 0.2) is 48.5 Å². The summed E-state index contributed by atoms with van der Waals surface area (Å²) in [6.07, 6.45) is 0.498. The van der Waals surface area contributed by atoms with Gasteiger partial charge in [-0.1, -0.05) is 24.3 Å². The number of nitrogens with zero attached hydrogens (tertiary/aromatic N) is 6. The summed E-state index contributed by atoms with van der Waals surface area (Å²) in [5.74, 6) is -0.742. The molecule has 8 heteroatoms. The highest BCUT2D eigenvalue weighted by molar-refractivity contribution is 5.97. The van der Waals surface area contributed by atoms with Crippen molar-refractivity contribution in [3.05, 3.63) is 58.5 Å². The van der Waals surface area contributed by atoms with Gasteiger partial charge in [-0.15, -0.1) is 0 Å². The van der Waals surface area contributed by atoms with Crippen LogP contribution >= 0.6 is 0 Å². The fourth-order valence-electron chi connectivity index (χ4n) is 3.55. The second-order valence-electron chi connectivity index (χ2n) is 6.20. The van der Waals surface area contributed by atoms with Gasteiger partial charge in [-0.2, -0.15) is 0 Å². The second kappa shape index (κ2) is 6.36. The van der Waals surface area contributed by atoms with E-state index in [1.165, 1.54) is 9.13 Å². The van der Waals surface area contributed by atoms with Crippen LogP contribution in [0.3, 0.4) is 0 Å². The highest BCUT2D eigenvalue weighted by Crippen LogP contribution is 2.38. The summed E-state index contributed by atoms with van der Waals surface area (Å²) >= 11 is 0. The molecule has 0 aliphatic heterocycles. The van der Waals surface area contributed by atoms with Crippen molar-refractivity contribution in [3.63, 3.8) is 0 Å². The predicted octanol–water partition coefficient (Wildman–Crippen LogP) is 3.80. The van der Waals surface area contributed by atoms with Crippen LogP contribution in [0.5, 0.6) is 11.8 Å². The molecular formula is C19H14N6O2. The standard InChI is InChI=1S/C19H14N6O2/c20-22-16-12-6-1-3-8-14(12)24(18(16)26)10-5-11-25-15-9-4-2-7-13(15)17(23-21)19(25)27/h1-4,6-9H,5,10-11H2. The van der Waals surface area contributed by atoms with E-state index in [1.54, 1.807) is 36.4 Å². The molecule has 0 spiro atoms. The first-order chi connectivity index (χ1) is 13.2. The molecule has 0 N–H and O–H groups in total. The fourth-order valence-corrected chi connectivity index (χ4v) is 3.55. The van der Waals surface area contributed by atoms with E-state index in [9.17, 15) is 10.2 Å². The number of benzene rings is 2. The molecule has 0 bridgehead atoms.